The number of unbranched alkanes of at least 4 members (excludes halogenated alkanes) is 9. The number of rotatable bonds is 26. The zero-order valence-corrected chi connectivity index (χ0v) is 47.0. The number of amides is 2. The lowest BCUT2D eigenvalue weighted by molar-refractivity contribution is 0.0943. The summed E-state index contributed by atoms with van der Waals surface area (Å²) in [5.41, 5.74) is 1.03. The normalized spacial score (nSPS) is 16.8. The molecule has 3 fully saturated rings. The number of thiophene rings is 2. The van der Waals surface area contributed by atoms with E-state index in [4.69, 9.17) is 23.2 Å². The van der Waals surface area contributed by atoms with Gasteiger partial charge in [-0.05, 0) is 130 Å². The lowest BCUT2D eigenvalue weighted by Gasteiger charge is -2.32. The number of benzene rings is 2. The van der Waals surface area contributed by atoms with Crippen LogP contribution in [0.4, 0.5) is 0 Å². The number of nitrogens with zero attached hydrogens (tertiary/aromatic N) is 2. The van der Waals surface area contributed by atoms with E-state index in [0.717, 1.165) is 54.4 Å². The summed E-state index contributed by atoms with van der Waals surface area (Å²) >= 11 is 14.2. The fourth-order valence-electron chi connectivity index (χ4n) is 9.67. The quantitative estimate of drug-likeness (QED) is 0.0453. The predicted octanol–water partition coefficient (Wildman–Crippen LogP) is 12.0. The van der Waals surface area contributed by atoms with Crippen LogP contribution >= 0.6 is 45.9 Å². The standard InChI is InChI=1S/C29H44ClN3O3S2.C25H34ClN3O3S2/c1-2-3-4-5-6-7-8-9-10-11-20-31-26-18-21-33(22-19-26)38(35,36)28-17-16-27(37-28)23-32-29(34)24-12-14-25(30)15-13-24;26-21-8-6-20(7-9-21)25(30)28-18-23-10-11-24(33-23)34(31,32)29-16-13-22(14-17-29)27-15-12-19-4-2-1-3-5-19/h12-17,26,31H,2-11,18-23H2,1H3,(H,32,34);6-11,19,22,27H,1-5,12-18H2,(H,28,30). The molecule has 72 heavy (non-hydrogen) atoms. The second-order valence-corrected chi connectivity index (χ2v) is 27.1. The summed E-state index contributed by atoms with van der Waals surface area (Å²) in [6, 6.07) is 21.0. The SMILES string of the molecule is CCCCCCCCCCCCNC1CCN(S(=O)(=O)c2ccc(CNC(=O)c3ccc(Cl)cc3)s2)CC1.O=C(NCc1ccc(S(=O)(=O)N2CCC(NCCC3CCCCC3)CC2)s1)c1ccc(Cl)cc1. The number of nitrogens with one attached hydrogen (secondary N) is 4. The minimum atomic E-state index is -3.51. The largest absolute Gasteiger partial charge is 0.347 e. The van der Waals surface area contributed by atoms with Crippen molar-refractivity contribution in [3.05, 3.63) is 104 Å². The average Bonchev–Trinajstić information content (AvgIpc) is 4.10. The molecule has 2 aromatic carbocycles. The van der Waals surface area contributed by atoms with Gasteiger partial charge in [0, 0.05) is 69.2 Å². The Bertz CT molecular complexity index is 2450. The second-order valence-electron chi connectivity index (χ2n) is 19.6. The lowest BCUT2D eigenvalue weighted by atomic mass is 9.87. The van der Waals surface area contributed by atoms with Gasteiger partial charge in [-0.1, -0.05) is 120 Å². The van der Waals surface area contributed by atoms with Gasteiger partial charge in [-0.3, -0.25) is 9.59 Å². The smallest absolute Gasteiger partial charge is 0.252 e. The van der Waals surface area contributed by atoms with Crippen molar-refractivity contribution >= 4 is 77.7 Å². The molecule has 0 unspecified atom stereocenters. The van der Waals surface area contributed by atoms with Crippen molar-refractivity contribution in [1.82, 2.24) is 29.9 Å². The van der Waals surface area contributed by atoms with E-state index in [1.165, 1.54) is 125 Å². The van der Waals surface area contributed by atoms with Crippen molar-refractivity contribution in [1.29, 1.82) is 0 Å². The maximum atomic E-state index is 13.2. The van der Waals surface area contributed by atoms with Crippen LogP contribution in [-0.4, -0.2) is 88.6 Å². The highest BCUT2D eigenvalue weighted by Crippen LogP contribution is 2.30. The number of carbonyl (C=O) groups excluding carboxylic acids is 2. The van der Waals surface area contributed by atoms with Crippen LogP contribution in [0, 0.1) is 5.92 Å². The third-order valence-corrected chi connectivity index (χ3v) is 21.5. The average molecular weight is 1110 g/mol. The molecule has 2 aliphatic heterocycles. The number of carbonyl (C=O) groups is 2. The summed E-state index contributed by atoms with van der Waals surface area (Å²) < 4.78 is 56.5. The van der Waals surface area contributed by atoms with Gasteiger partial charge in [0.15, 0.2) is 0 Å². The number of piperidine rings is 2. The van der Waals surface area contributed by atoms with Gasteiger partial charge in [-0.25, -0.2) is 16.8 Å². The van der Waals surface area contributed by atoms with Crippen LogP contribution in [0.1, 0.15) is 166 Å². The van der Waals surface area contributed by atoms with E-state index >= 15 is 0 Å². The van der Waals surface area contributed by atoms with E-state index in [-0.39, 0.29) is 24.9 Å². The van der Waals surface area contributed by atoms with Gasteiger partial charge < -0.3 is 21.3 Å². The van der Waals surface area contributed by atoms with Gasteiger partial charge in [0.2, 0.25) is 0 Å². The van der Waals surface area contributed by atoms with Gasteiger partial charge in [-0.15, -0.1) is 22.7 Å². The first-order valence-corrected chi connectivity index (χ1v) is 31.8. The maximum Gasteiger partial charge on any atom is 0.252 e. The lowest BCUT2D eigenvalue weighted by Crippen LogP contribution is -2.45. The molecule has 4 heterocycles. The number of sulfonamides is 2. The Morgan fingerprint density at radius 1 is 0.528 bits per heavy atom. The van der Waals surface area contributed by atoms with Crippen LogP contribution in [-0.2, 0) is 33.1 Å². The first kappa shape index (κ1) is 58.4. The molecule has 2 aromatic heterocycles. The summed E-state index contributed by atoms with van der Waals surface area (Å²) in [4.78, 5) is 26.2. The molecule has 398 valence electrons. The topological polar surface area (TPSA) is 157 Å². The highest BCUT2D eigenvalue weighted by molar-refractivity contribution is 7.91. The minimum Gasteiger partial charge on any atom is -0.347 e. The van der Waals surface area contributed by atoms with E-state index in [0.29, 0.717) is 67.9 Å². The molecule has 18 heteroatoms. The van der Waals surface area contributed by atoms with Crippen LogP contribution in [0.25, 0.3) is 0 Å². The molecule has 3 aliphatic rings. The third-order valence-electron chi connectivity index (χ3n) is 14.1. The molecule has 2 amide bonds. The summed E-state index contributed by atoms with van der Waals surface area (Å²) in [5, 5.41) is 14.1. The zero-order valence-electron chi connectivity index (χ0n) is 42.2. The van der Waals surface area contributed by atoms with Crippen LogP contribution in [0.5, 0.6) is 0 Å². The minimum absolute atomic E-state index is 0.215. The molecular weight excluding hydrogens is 1030 g/mol. The van der Waals surface area contributed by atoms with Crippen LogP contribution in [0.2, 0.25) is 10.0 Å². The fourth-order valence-corrected chi connectivity index (χ4v) is 15.8. The maximum absolute atomic E-state index is 13.2. The number of hydrogen-bond acceptors (Lipinski definition) is 10. The van der Waals surface area contributed by atoms with Crippen molar-refractivity contribution < 1.29 is 26.4 Å². The Hall–Kier alpha value is -2.90. The number of halogens is 2. The van der Waals surface area contributed by atoms with E-state index in [2.05, 4.69) is 28.2 Å². The van der Waals surface area contributed by atoms with Gasteiger partial charge in [0.25, 0.3) is 31.9 Å². The highest BCUT2D eigenvalue weighted by Gasteiger charge is 2.32. The van der Waals surface area contributed by atoms with E-state index in [9.17, 15) is 26.4 Å². The molecule has 0 spiro atoms. The Morgan fingerprint density at radius 2 is 0.931 bits per heavy atom. The molecule has 0 bridgehead atoms. The predicted molar refractivity (Wildman–Crippen MR) is 296 cm³/mol. The molecule has 7 rings (SSSR count). The summed E-state index contributed by atoms with van der Waals surface area (Å²) in [6.45, 7) is 7.06. The van der Waals surface area contributed by atoms with E-state index < -0.39 is 20.0 Å². The van der Waals surface area contributed by atoms with Crippen molar-refractivity contribution in [2.45, 2.75) is 169 Å². The molecule has 2 saturated heterocycles. The van der Waals surface area contributed by atoms with Gasteiger partial charge in [0.05, 0.1) is 13.1 Å². The summed E-state index contributed by atoms with van der Waals surface area (Å²) in [6.07, 6.45) is 24.8. The monoisotopic (exact) mass is 1100 g/mol. The molecule has 1 aliphatic carbocycles. The Balaban J connectivity index is 0.000000237. The molecule has 1 saturated carbocycles. The van der Waals surface area contributed by atoms with Gasteiger partial charge >= 0.3 is 0 Å². The van der Waals surface area contributed by atoms with Crippen LogP contribution in [0.15, 0.2) is 81.2 Å². The Morgan fingerprint density at radius 3 is 1.36 bits per heavy atom. The van der Waals surface area contributed by atoms with Gasteiger partial charge in [0.1, 0.15) is 8.42 Å². The Kier molecular flexibility index (Phi) is 24.8. The summed E-state index contributed by atoms with van der Waals surface area (Å²) in [5.74, 6) is 0.435. The first-order valence-electron chi connectivity index (χ1n) is 26.5. The zero-order chi connectivity index (χ0) is 51.2. The third kappa shape index (κ3) is 19.0. The highest BCUT2D eigenvalue weighted by atomic mass is 35.5. The van der Waals surface area contributed by atoms with Crippen molar-refractivity contribution in [2.75, 3.05) is 39.3 Å². The number of hydrogen-bond donors (Lipinski definition) is 4. The van der Waals surface area contributed by atoms with E-state index in [1.807, 2.05) is 0 Å². The van der Waals surface area contributed by atoms with Crippen molar-refractivity contribution in [2.24, 2.45) is 5.92 Å². The fraction of sp³-hybridized carbons (Fsp3) is 0.593. The Labute approximate surface area is 448 Å². The molecule has 0 atom stereocenters. The van der Waals surface area contributed by atoms with Gasteiger partial charge in [-0.2, -0.15) is 8.61 Å². The van der Waals surface area contributed by atoms with Crippen LogP contribution < -0.4 is 21.3 Å². The van der Waals surface area contributed by atoms with E-state index in [1.54, 1.807) is 81.4 Å². The molecular formula is C54H78Cl2N6O6S4. The van der Waals surface area contributed by atoms with Crippen molar-refractivity contribution in [3.63, 3.8) is 0 Å². The second kappa shape index (κ2) is 30.6. The molecule has 12 nitrogen and oxygen atoms in total. The molecule has 4 aromatic rings. The molecule has 4 N–H and O–H groups in total. The summed E-state index contributed by atoms with van der Waals surface area (Å²) in [7, 11) is -7.01. The van der Waals surface area contributed by atoms with Crippen molar-refractivity contribution in [3.8, 4) is 0 Å². The van der Waals surface area contributed by atoms with Crippen LogP contribution in [0.3, 0.4) is 0 Å². The first-order chi connectivity index (χ1) is 34.8. The molecule has 0 radical (unpaired) electrons.